The van der Waals surface area contributed by atoms with Gasteiger partial charge in [0.2, 0.25) is 11.8 Å². The molecule has 0 aliphatic carbocycles. The number of thioether (sulfide) groups is 1. The number of hydrogen-bond donors (Lipinski definition) is 3. The van der Waals surface area contributed by atoms with Crippen molar-refractivity contribution in [2.24, 2.45) is 5.73 Å². The van der Waals surface area contributed by atoms with Gasteiger partial charge >= 0.3 is 0 Å². The zero-order valence-electron chi connectivity index (χ0n) is 9.36. The third-order valence-electron chi connectivity index (χ3n) is 2.30. The molecule has 1 heterocycles. The number of primary amides is 1. The van der Waals surface area contributed by atoms with Crippen molar-refractivity contribution in [3.63, 3.8) is 0 Å². The molecule has 0 unspecified atom stereocenters. The molecular formula is C11H11N3O3S. The van der Waals surface area contributed by atoms with E-state index in [1.165, 1.54) is 11.8 Å². The Morgan fingerprint density at radius 1 is 1.44 bits per heavy atom. The van der Waals surface area contributed by atoms with Gasteiger partial charge in [0.15, 0.2) is 0 Å². The van der Waals surface area contributed by atoms with Gasteiger partial charge in [-0.2, -0.15) is 0 Å². The van der Waals surface area contributed by atoms with Crippen molar-refractivity contribution in [3.8, 4) is 0 Å². The highest BCUT2D eigenvalue weighted by Crippen LogP contribution is 2.31. The molecule has 6 nitrogen and oxygen atoms in total. The van der Waals surface area contributed by atoms with E-state index in [2.05, 4.69) is 10.6 Å². The molecule has 4 N–H and O–H groups in total. The van der Waals surface area contributed by atoms with Crippen LogP contribution in [0.3, 0.4) is 0 Å². The Morgan fingerprint density at radius 2 is 2.22 bits per heavy atom. The molecule has 7 heteroatoms. The smallest absolute Gasteiger partial charge is 0.251 e. The maximum Gasteiger partial charge on any atom is 0.251 e. The summed E-state index contributed by atoms with van der Waals surface area (Å²) in [6.45, 7) is -0.211. The Balaban J connectivity index is 2.15. The van der Waals surface area contributed by atoms with Gasteiger partial charge in [-0.1, -0.05) is 0 Å². The lowest BCUT2D eigenvalue weighted by molar-refractivity contribution is -0.117. The molecule has 0 spiro atoms. The first kappa shape index (κ1) is 12.4. The number of fused-ring (bicyclic) bond motifs is 1. The Kier molecular flexibility index (Phi) is 3.52. The molecule has 0 fully saturated rings. The summed E-state index contributed by atoms with van der Waals surface area (Å²) >= 11 is 1.42. The largest absolute Gasteiger partial charge is 0.368 e. The summed E-state index contributed by atoms with van der Waals surface area (Å²) in [5.41, 5.74) is 5.92. The summed E-state index contributed by atoms with van der Waals surface area (Å²) in [6, 6.07) is 4.98. The van der Waals surface area contributed by atoms with Gasteiger partial charge in [0.1, 0.15) is 0 Å². The van der Waals surface area contributed by atoms with Crippen LogP contribution in [0, 0.1) is 0 Å². The van der Waals surface area contributed by atoms with E-state index < -0.39 is 11.8 Å². The minimum atomic E-state index is -0.606. The van der Waals surface area contributed by atoms with E-state index in [9.17, 15) is 14.4 Å². The Hall–Kier alpha value is -2.02. The minimum Gasteiger partial charge on any atom is -0.368 e. The van der Waals surface area contributed by atoms with Crippen molar-refractivity contribution in [1.29, 1.82) is 0 Å². The molecule has 2 rings (SSSR count). The molecule has 18 heavy (non-hydrogen) atoms. The van der Waals surface area contributed by atoms with Gasteiger partial charge in [-0.25, -0.2) is 0 Å². The highest BCUT2D eigenvalue weighted by Gasteiger charge is 2.17. The predicted octanol–water partition coefficient (Wildman–Crippen LogP) is -0.0541. The maximum absolute atomic E-state index is 11.7. The van der Waals surface area contributed by atoms with Gasteiger partial charge in [0, 0.05) is 10.5 Å². The van der Waals surface area contributed by atoms with Gasteiger partial charge in [0.25, 0.3) is 5.91 Å². The molecule has 1 aromatic rings. The van der Waals surface area contributed by atoms with Crippen LogP contribution in [0.15, 0.2) is 23.1 Å². The molecule has 0 atom stereocenters. The Bertz CT molecular complexity index is 530. The first-order valence-corrected chi connectivity index (χ1v) is 6.18. The van der Waals surface area contributed by atoms with Crippen molar-refractivity contribution in [2.45, 2.75) is 4.90 Å². The van der Waals surface area contributed by atoms with E-state index in [0.29, 0.717) is 17.0 Å². The number of rotatable bonds is 3. The molecule has 0 saturated heterocycles. The van der Waals surface area contributed by atoms with Crippen molar-refractivity contribution in [1.82, 2.24) is 5.32 Å². The molecular weight excluding hydrogens is 254 g/mol. The van der Waals surface area contributed by atoms with Crippen LogP contribution in [0.4, 0.5) is 5.69 Å². The second kappa shape index (κ2) is 5.09. The van der Waals surface area contributed by atoms with Crippen LogP contribution in [0.2, 0.25) is 0 Å². The van der Waals surface area contributed by atoms with Gasteiger partial charge < -0.3 is 16.4 Å². The highest BCUT2D eigenvalue weighted by atomic mass is 32.2. The van der Waals surface area contributed by atoms with Crippen LogP contribution in [0.25, 0.3) is 0 Å². The van der Waals surface area contributed by atoms with Crippen LogP contribution in [0.5, 0.6) is 0 Å². The van der Waals surface area contributed by atoms with Gasteiger partial charge in [-0.15, -0.1) is 11.8 Å². The highest BCUT2D eigenvalue weighted by molar-refractivity contribution is 8.00. The lowest BCUT2D eigenvalue weighted by Crippen LogP contribution is -2.33. The van der Waals surface area contributed by atoms with Crippen molar-refractivity contribution >= 4 is 35.2 Å². The standard InChI is InChI=1S/C11H11N3O3S/c12-9(15)4-13-11(17)6-1-2-8-7(3-6)14-10(16)5-18-8/h1-3H,4-5H2,(H2,12,15)(H,13,17)(H,14,16). The van der Waals surface area contributed by atoms with Crippen molar-refractivity contribution in [3.05, 3.63) is 23.8 Å². The van der Waals surface area contributed by atoms with E-state index in [4.69, 9.17) is 5.73 Å². The number of carbonyl (C=O) groups is 3. The molecule has 0 bridgehead atoms. The fraction of sp³-hybridized carbons (Fsp3) is 0.182. The second-order valence-corrected chi connectivity index (χ2v) is 4.71. The number of nitrogens with two attached hydrogens (primary N) is 1. The molecule has 0 aromatic heterocycles. The number of hydrogen-bond acceptors (Lipinski definition) is 4. The lowest BCUT2D eigenvalue weighted by Gasteiger charge is -2.16. The van der Waals surface area contributed by atoms with E-state index >= 15 is 0 Å². The number of benzene rings is 1. The second-order valence-electron chi connectivity index (χ2n) is 3.70. The summed E-state index contributed by atoms with van der Waals surface area (Å²) in [5, 5.41) is 5.07. The van der Waals surface area contributed by atoms with Crippen molar-refractivity contribution in [2.75, 3.05) is 17.6 Å². The Labute approximate surface area is 107 Å². The average molecular weight is 265 g/mol. The summed E-state index contributed by atoms with van der Waals surface area (Å²) in [7, 11) is 0. The lowest BCUT2D eigenvalue weighted by atomic mass is 10.2. The van der Waals surface area contributed by atoms with Gasteiger partial charge in [-0.05, 0) is 18.2 Å². The van der Waals surface area contributed by atoms with Crippen LogP contribution in [-0.4, -0.2) is 30.0 Å². The fourth-order valence-electron chi connectivity index (χ4n) is 1.49. The number of amides is 3. The topological polar surface area (TPSA) is 101 Å². The molecule has 1 aliphatic heterocycles. The monoisotopic (exact) mass is 265 g/mol. The van der Waals surface area contributed by atoms with E-state index in [1.54, 1.807) is 18.2 Å². The molecule has 1 aromatic carbocycles. The molecule has 0 saturated carbocycles. The number of carbonyl (C=O) groups excluding carboxylic acids is 3. The van der Waals surface area contributed by atoms with Crippen LogP contribution in [-0.2, 0) is 9.59 Å². The molecule has 0 radical (unpaired) electrons. The third kappa shape index (κ3) is 2.80. The maximum atomic E-state index is 11.7. The Morgan fingerprint density at radius 3 is 2.94 bits per heavy atom. The zero-order chi connectivity index (χ0) is 13.1. The number of anilines is 1. The summed E-state index contributed by atoms with van der Waals surface area (Å²) in [4.78, 5) is 34.4. The summed E-state index contributed by atoms with van der Waals surface area (Å²) in [5.74, 6) is -0.728. The minimum absolute atomic E-state index is 0.0952. The summed E-state index contributed by atoms with van der Waals surface area (Å²) < 4.78 is 0. The van der Waals surface area contributed by atoms with Crippen LogP contribution < -0.4 is 16.4 Å². The van der Waals surface area contributed by atoms with E-state index in [1.807, 2.05) is 0 Å². The van der Waals surface area contributed by atoms with Gasteiger partial charge in [-0.3, -0.25) is 14.4 Å². The predicted molar refractivity (Wildman–Crippen MR) is 67.3 cm³/mol. The van der Waals surface area contributed by atoms with E-state index in [-0.39, 0.29) is 12.5 Å². The van der Waals surface area contributed by atoms with Crippen LogP contribution >= 0.6 is 11.8 Å². The third-order valence-corrected chi connectivity index (χ3v) is 3.37. The first-order chi connectivity index (χ1) is 8.56. The number of nitrogens with one attached hydrogen (secondary N) is 2. The van der Waals surface area contributed by atoms with Gasteiger partial charge in [0.05, 0.1) is 18.0 Å². The average Bonchev–Trinajstić information content (AvgIpc) is 2.34. The van der Waals surface area contributed by atoms with E-state index in [0.717, 1.165) is 4.90 Å². The van der Waals surface area contributed by atoms with Crippen LogP contribution in [0.1, 0.15) is 10.4 Å². The molecule has 3 amide bonds. The first-order valence-electron chi connectivity index (χ1n) is 5.19. The molecule has 1 aliphatic rings. The van der Waals surface area contributed by atoms with Crippen molar-refractivity contribution < 1.29 is 14.4 Å². The zero-order valence-corrected chi connectivity index (χ0v) is 10.2. The summed E-state index contributed by atoms with van der Waals surface area (Å²) in [6.07, 6.45) is 0. The molecule has 94 valence electrons. The SMILES string of the molecule is NC(=O)CNC(=O)c1ccc2c(c1)NC(=O)CS2. The normalized spacial score (nSPS) is 13.4. The fourth-order valence-corrected chi connectivity index (χ4v) is 2.28. The quantitative estimate of drug-likeness (QED) is 0.713.